The molecule has 2 amide bonds. The number of fused-ring (bicyclic) bond motifs is 1. The van der Waals surface area contributed by atoms with Crippen molar-refractivity contribution in [3.05, 3.63) is 30.2 Å². The molecule has 2 aromatic rings. The maximum atomic E-state index is 12.6. The van der Waals surface area contributed by atoms with E-state index in [4.69, 9.17) is 0 Å². The van der Waals surface area contributed by atoms with Gasteiger partial charge in [-0.15, -0.1) is 0 Å². The minimum absolute atomic E-state index is 0.0539. The molecule has 1 aliphatic heterocycles. The Hall–Kier alpha value is -2.37. The summed E-state index contributed by atoms with van der Waals surface area (Å²) in [5.74, 6) is 1.08. The smallest absolute Gasteiger partial charge is 0.267 e. The number of nitrogens with zero attached hydrogens (tertiary/aromatic N) is 2. The third-order valence-electron chi connectivity index (χ3n) is 7.42. The van der Waals surface area contributed by atoms with Crippen LogP contribution in [0, 0.1) is 22.7 Å². The number of carbonyl (C=O) groups excluding carboxylic acids is 2. The summed E-state index contributed by atoms with van der Waals surface area (Å²) >= 11 is 0. The van der Waals surface area contributed by atoms with E-state index in [1.807, 2.05) is 12.1 Å². The van der Waals surface area contributed by atoms with Gasteiger partial charge in [0.1, 0.15) is 5.69 Å². The maximum Gasteiger partial charge on any atom is 0.267 e. The minimum atomic E-state index is -0.0539. The number of H-pyrrole nitrogens is 1. The van der Waals surface area contributed by atoms with Crippen LogP contribution in [0.1, 0.15) is 50.0 Å². The molecule has 3 fully saturated rings. The van der Waals surface area contributed by atoms with Crippen molar-refractivity contribution in [3.8, 4) is 0 Å². The van der Waals surface area contributed by atoms with Gasteiger partial charge in [-0.25, -0.2) is 0 Å². The normalized spacial score (nSPS) is 27.0. The van der Waals surface area contributed by atoms with Gasteiger partial charge in [0.25, 0.3) is 5.91 Å². The summed E-state index contributed by atoms with van der Waals surface area (Å²) in [4.78, 5) is 34.4. The summed E-state index contributed by atoms with van der Waals surface area (Å²) in [5.41, 5.74) is 2.06. The second kappa shape index (κ2) is 6.06. The number of hydrogen-bond donors (Lipinski definition) is 2. The van der Waals surface area contributed by atoms with Crippen molar-refractivity contribution >= 4 is 22.7 Å². The SMILES string of the molecule is CC1(C)CC1C(=O)N1CCC2(CC1)CC2CNC(=O)c1cc2cnccc2[nH]1. The number of piperidine rings is 1. The zero-order valence-electron chi connectivity index (χ0n) is 16.6. The molecule has 0 radical (unpaired) electrons. The van der Waals surface area contributed by atoms with Crippen LogP contribution in [0.3, 0.4) is 0 Å². The molecule has 148 valence electrons. The molecule has 2 N–H and O–H groups in total. The van der Waals surface area contributed by atoms with Gasteiger partial charge in [0.05, 0.1) is 0 Å². The van der Waals surface area contributed by atoms with Crippen LogP contribution in [0.5, 0.6) is 0 Å². The quantitative estimate of drug-likeness (QED) is 0.856. The number of aromatic amines is 1. The molecule has 2 atom stereocenters. The number of likely N-dealkylation sites (tertiary alicyclic amines) is 1. The first kappa shape index (κ1) is 17.7. The molecule has 28 heavy (non-hydrogen) atoms. The highest BCUT2D eigenvalue weighted by Crippen LogP contribution is 2.60. The Morgan fingerprint density at radius 2 is 2.04 bits per heavy atom. The molecular formula is C22H28N4O2. The zero-order chi connectivity index (χ0) is 19.5. The van der Waals surface area contributed by atoms with Gasteiger partial charge in [0.2, 0.25) is 5.91 Å². The van der Waals surface area contributed by atoms with Crippen LogP contribution in [0.25, 0.3) is 10.9 Å². The number of aromatic nitrogens is 2. The van der Waals surface area contributed by atoms with E-state index >= 15 is 0 Å². The van der Waals surface area contributed by atoms with Crippen LogP contribution >= 0.6 is 0 Å². The minimum Gasteiger partial charge on any atom is -0.350 e. The molecule has 5 rings (SSSR count). The molecule has 1 saturated heterocycles. The lowest BCUT2D eigenvalue weighted by atomic mass is 9.90. The highest BCUT2D eigenvalue weighted by Gasteiger charge is 2.57. The van der Waals surface area contributed by atoms with Crippen molar-refractivity contribution in [1.29, 1.82) is 0 Å². The number of hydrogen-bond acceptors (Lipinski definition) is 3. The topological polar surface area (TPSA) is 78.1 Å². The van der Waals surface area contributed by atoms with Crippen molar-refractivity contribution in [2.75, 3.05) is 19.6 Å². The Balaban J connectivity index is 1.12. The average molecular weight is 380 g/mol. The molecule has 2 saturated carbocycles. The third kappa shape index (κ3) is 2.99. The van der Waals surface area contributed by atoms with Gasteiger partial charge in [-0.2, -0.15) is 0 Å². The standard InChI is InChI=1S/C22H28N4O2/c1-21(2)11-16(21)20(28)26-7-4-22(5-8-26)10-15(22)13-24-19(27)18-9-14-12-23-6-3-17(14)25-18/h3,6,9,12,15-16,25H,4-5,7-8,10-11,13H2,1-2H3,(H,24,27). The Kier molecular flexibility index (Phi) is 3.83. The van der Waals surface area contributed by atoms with E-state index in [1.165, 1.54) is 6.42 Å². The number of nitrogens with one attached hydrogen (secondary N) is 2. The van der Waals surface area contributed by atoms with Gasteiger partial charge in [-0.1, -0.05) is 13.8 Å². The van der Waals surface area contributed by atoms with Crippen LogP contribution in [-0.2, 0) is 4.79 Å². The van der Waals surface area contributed by atoms with Gasteiger partial charge < -0.3 is 15.2 Å². The first-order chi connectivity index (χ1) is 13.4. The van der Waals surface area contributed by atoms with Crippen LogP contribution in [0.2, 0.25) is 0 Å². The summed E-state index contributed by atoms with van der Waals surface area (Å²) in [5, 5.41) is 4.05. The van der Waals surface area contributed by atoms with Gasteiger partial charge in [0.15, 0.2) is 0 Å². The van der Waals surface area contributed by atoms with Crippen LogP contribution < -0.4 is 5.32 Å². The Morgan fingerprint density at radius 3 is 2.71 bits per heavy atom. The summed E-state index contributed by atoms with van der Waals surface area (Å²) in [6, 6.07) is 3.73. The van der Waals surface area contributed by atoms with Crippen LogP contribution in [0.4, 0.5) is 0 Å². The Bertz CT molecular complexity index is 906. The van der Waals surface area contributed by atoms with E-state index in [0.29, 0.717) is 22.9 Å². The largest absolute Gasteiger partial charge is 0.350 e. The highest BCUT2D eigenvalue weighted by atomic mass is 16.2. The average Bonchev–Trinajstić information content (AvgIpc) is 3.47. The van der Waals surface area contributed by atoms with Crippen molar-refractivity contribution in [1.82, 2.24) is 20.2 Å². The van der Waals surface area contributed by atoms with Crippen LogP contribution in [0.15, 0.2) is 24.5 Å². The molecule has 2 aromatic heterocycles. The van der Waals surface area contributed by atoms with Gasteiger partial charge >= 0.3 is 0 Å². The predicted octanol–water partition coefficient (Wildman–Crippen LogP) is 2.97. The molecule has 2 aliphatic carbocycles. The van der Waals surface area contributed by atoms with E-state index in [0.717, 1.165) is 49.8 Å². The van der Waals surface area contributed by atoms with Crippen molar-refractivity contribution in [2.45, 2.75) is 39.5 Å². The first-order valence-corrected chi connectivity index (χ1v) is 10.4. The fourth-order valence-electron chi connectivity index (χ4n) is 5.02. The van der Waals surface area contributed by atoms with Crippen LogP contribution in [-0.4, -0.2) is 46.3 Å². The van der Waals surface area contributed by atoms with Gasteiger partial charge in [-0.05, 0) is 54.6 Å². The zero-order valence-corrected chi connectivity index (χ0v) is 16.6. The lowest BCUT2D eigenvalue weighted by Crippen LogP contribution is -2.41. The molecule has 6 nitrogen and oxygen atoms in total. The Labute approximate surface area is 165 Å². The van der Waals surface area contributed by atoms with Crippen molar-refractivity contribution in [3.63, 3.8) is 0 Å². The van der Waals surface area contributed by atoms with E-state index in [9.17, 15) is 9.59 Å². The molecule has 3 heterocycles. The van der Waals surface area contributed by atoms with Crippen molar-refractivity contribution < 1.29 is 9.59 Å². The number of rotatable bonds is 4. The molecule has 0 bridgehead atoms. The fraction of sp³-hybridized carbons (Fsp3) is 0.591. The second-order valence-electron chi connectivity index (χ2n) is 9.69. The summed E-state index contributed by atoms with van der Waals surface area (Å²) in [6.07, 6.45) is 7.83. The molecule has 1 spiro atoms. The second-order valence-corrected chi connectivity index (χ2v) is 9.69. The van der Waals surface area contributed by atoms with Crippen molar-refractivity contribution in [2.24, 2.45) is 22.7 Å². The van der Waals surface area contributed by atoms with E-state index in [2.05, 4.69) is 34.0 Å². The molecule has 3 aliphatic rings. The molecular weight excluding hydrogens is 352 g/mol. The third-order valence-corrected chi connectivity index (χ3v) is 7.42. The molecule has 2 unspecified atom stereocenters. The number of amides is 2. The van der Waals surface area contributed by atoms with Gasteiger partial charge in [-0.3, -0.25) is 14.6 Å². The monoisotopic (exact) mass is 380 g/mol. The highest BCUT2D eigenvalue weighted by molar-refractivity contribution is 5.97. The van der Waals surface area contributed by atoms with Gasteiger partial charge in [0, 0.05) is 48.8 Å². The summed E-state index contributed by atoms with van der Waals surface area (Å²) in [6.45, 7) is 6.85. The number of carbonyl (C=O) groups is 2. The lowest BCUT2D eigenvalue weighted by Gasteiger charge is -2.33. The summed E-state index contributed by atoms with van der Waals surface area (Å²) < 4.78 is 0. The lowest BCUT2D eigenvalue weighted by molar-refractivity contribution is -0.135. The fourth-order valence-corrected chi connectivity index (χ4v) is 5.02. The summed E-state index contributed by atoms with van der Waals surface area (Å²) in [7, 11) is 0. The Morgan fingerprint density at radius 1 is 1.29 bits per heavy atom. The van der Waals surface area contributed by atoms with E-state index in [-0.39, 0.29) is 17.2 Å². The molecule has 6 heteroatoms. The van der Waals surface area contributed by atoms with E-state index in [1.54, 1.807) is 12.4 Å². The predicted molar refractivity (Wildman–Crippen MR) is 107 cm³/mol. The van der Waals surface area contributed by atoms with E-state index < -0.39 is 0 Å². The molecule has 0 aromatic carbocycles. The first-order valence-electron chi connectivity index (χ1n) is 10.4. The maximum absolute atomic E-state index is 12.6. The number of pyridine rings is 1.